The van der Waals surface area contributed by atoms with Gasteiger partial charge < -0.3 is 4.90 Å². The van der Waals surface area contributed by atoms with Gasteiger partial charge >= 0.3 is 6.03 Å². The molecule has 1 aromatic carbocycles. The maximum Gasteiger partial charge on any atom is 0.332 e. The number of rotatable bonds is 3. The highest BCUT2D eigenvalue weighted by Crippen LogP contribution is 2.49. The second-order valence-electron chi connectivity index (χ2n) is 10.1. The average molecular weight is 524 g/mol. The first-order valence-corrected chi connectivity index (χ1v) is 12.8. The fourth-order valence-corrected chi connectivity index (χ4v) is 6.40. The molecule has 6 amide bonds. The third-order valence-corrected chi connectivity index (χ3v) is 8.42. The first kappa shape index (κ1) is 25.1. The number of fused-ring (bicyclic) bond motifs is 4. The number of amides is 6. The summed E-state index contributed by atoms with van der Waals surface area (Å²) >= 11 is 5.23. The first-order chi connectivity index (χ1) is 17.5. The number of hydrogen-bond donors (Lipinski definition) is 1. The summed E-state index contributed by atoms with van der Waals surface area (Å²) in [5.74, 6) is -2.02. The van der Waals surface area contributed by atoms with Crippen LogP contribution in [0, 0.1) is 5.41 Å². The first-order valence-electron chi connectivity index (χ1n) is 12.4. The van der Waals surface area contributed by atoms with Gasteiger partial charge in [0.25, 0.3) is 11.8 Å². The van der Waals surface area contributed by atoms with Crippen LogP contribution in [0.1, 0.15) is 44.2 Å². The molecule has 1 aromatic rings. The Labute approximate surface area is 220 Å². The maximum atomic E-state index is 13.6. The highest BCUT2D eigenvalue weighted by Gasteiger charge is 2.63. The second kappa shape index (κ2) is 8.76. The summed E-state index contributed by atoms with van der Waals surface area (Å²) in [6, 6.07) is 4.38. The Hall–Kier alpha value is -3.60. The lowest BCUT2D eigenvalue weighted by Crippen LogP contribution is -2.70. The molecule has 194 valence electrons. The van der Waals surface area contributed by atoms with E-state index in [1.165, 1.54) is 25.1 Å². The third kappa shape index (κ3) is 3.51. The number of carbonyl (C=O) groups is 5. The van der Waals surface area contributed by atoms with E-state index in [-0.39, 0.29) is 29.2 Å². The van der Waals surface area contributed by atoms with Gasteiger partial charge in [-0.05, 0) is 74.2 Å². The van der Waals surface area contributed by atoms with Crippen LogP contribution in [0.15, 0.2) is 23.8 Å². The van der Waals surface area contributed by atoms with Crippen LogP contribution in [0.3, 0.4) is 0 Å². The van der Waals surface area contributed by atoms with E-state index >= 15 is 0 Å². The molecule has 4 aliphatic rings. The number of nitrogens with zero attached hydrogens (tertiary/aromatic N) is 4. The Balaban J connectivity index is 1.57. The number of nitrogens with one attached hydrogen (secondary N) is 1. The van der Waals surface area contributed by atoms with E-state index in [0.717, 1.165) is 27.5 Å². The molecule has 4 heterocycles. The number of anilines is 1. The minimum absolute atomic E-state index is 0.0340. The Kier molecular flexibility index (Phi) is 5.93. The number of hydrogen-bond acceptors (Lipinski definition) is 7. The van der Waals surface area contributed by atoms with Crippen molar-refractivity contribution < 1.29 is 24.0 Å². The van der Waals surface area contributed by atoms with Gasteiger partial charge in [0, 0.05) is 32.4 Å². The van der Waals surface area contributed by atoms with Crippen molar-refractivity contribution in [3.05, 3.63) is 34.9 Å². The van der Waals surface area contributed by atoms with Crippen molar-refractivity contribution in [3.8, 4) is 0 Å². The molecule has 0 aromatic heterocycles. The molecule has 0 radical (unpaired) electrons. The number of benzene rings is 1. The second-order valence-corrected chi connectivity index (χ2v) is 10.5. The Morgan fingerprint density at radius 3 is 2.46 bits per heavy atom. The van der Waals surface area contributed by atoms with Crippen LogP contribution < -0.4 is 10.2 Å². The molecule has 3 fully saturated rings. The molecule has 1 spiro atoms. The summed E-state index contributed by atoms with van der Waals surface area (Å²) < 4.78 is 0. The molecule has 37 heavy (non-hydrogen) atoms. The third-order valence-electron chi connectivity index (χ3n) is 8.13. The van der Waals surface area contributed by atoms with Gasteiger partial charge in [-0.1, -0.05) is 13.0 Å². The lowest BCUT2D eigenvalue weighted by molar-refractivity contribution is -0.159. The zero-order valence-electron chi connectivity index (χ0n) is 21.2. The van der Waals surface area contributed by atoms with Crippen LogP contribution >= 0.6 is 12.2 Å². The topological polar surface area (TPSA) is 110 Å². The van der Waals surface area contributed by atoms with E-state index in [1.807, 2.05) is 32.0 Å². The minimum Gasteiger partial charge on any atom is -0.367 e. The van der Waals surface area contributed by atoms with Crippen LogP contribution in [0.5, 0.6) is 0 Å². The molecule has 2 unspecified atom stereocenters. The standard InChI is InChI=1S/C26H29N5O5S/c1-5-14(2)31-21(33)17(20(32)27-24(31)37)12-15-8-9-18-16(11-15)13-26(19-7-6-10-30(18)19)22(34)28(3)25(36)29(4)23(26)35/h8-9,11-12,14,19H,5-7,10,13H2,1-4H3,(H,27,32,37)/b17-12+. The van der Waals surface area contributed by atoms with Crippen LogP contribution in [0.2, 0.25) is 0 Å². The monoisotopic (exact) mass is 523 g/mol. The molecule has 11 heteroatoms. The SMILES string of the molecule is CCC(C)N1C(=O)/C(=C/c2ccc3c(c2)CC2(C(=O)N(C)C(=O)N(C)C2=O)C2CCCN32)C(=O)NC1=S. The van der Waals surface area contributed by atoms with Gasteiger partial charge in [0.05, 0.1) is 6.04 Å². The average Bonchev–Trinajstić information content (AvgIpc) is 3.38. The van der Waals surface area contributed by atoms with Crippen molar-refractivity contribution >= 4 is 58.8 Å². The highest BCUT2D eigenvalue weighted by atomic mass is 32.1. The fraction of sp³-hybridized carbons (Fsp3) is 0.462. The fourth-order valence-electron chi connectivity index (χ4n) is 6.05. The van der Waals surface area contributed by atoms with Crippen LogP contribution in [0.25, 0.3) is 6.08 Å². The minimum atomic E-state index is -1.41. The zero-order chi connectivity index (χ0) is 26.8. The summed E-state index contributed by atoms with van der Waals surface area (Å²) in [5, 5.41) is 2.69. The normalized spacial score (nSPS) is 25.2. The summed E-state index contributed by atoms with van der Waals surface area (Å²) in [5.41, 5.74) is 0.816. The highest BCUT2D eigenvalue weighted by molar-refractivity contribution is 7.80. The lowest BCUT2D eigenvalue weighted by atomic mass is 9.68. The molecule has 5 rings (SSSR count). The van der Waals surface area contributed by atoms with Crippen molar-refractivity contribution in [1.82, 2.24) is 20.0 Å². The molecule has 10 nitrogen and oxygen atoms in total. The van der Waals surface area contributed by atoms with E-state index in [4.69, 9.17) is 12.2 Å². The Morgan fingerprint density at radius 1 is 1.14 bits per heavy atom. The molecular formula is C26H29N5O5S. The lowest BCUT2D eigenvalue weighted by Gasteiger charge is -2.50. The molecule has 2 atom stereocenters. The van der Waals surface area contributed by atoms with Crippen molar-refractivity contribution in [2.45, 2.75) is 51.6 Å². The van der Waals surface area contributed by atoms with Gasteiger partial charge in [0.1, 0.15) is 5.57 Å². The molecule has 4 aliphatic heterocycles. The zero-order valence-corrected chi connectivity index (χ0v) is 22.1. The van der Waals surface area contributed by atoms with E-state index in [0.29, 0.717) is 24.9 Å². The summed E-state index contributed by atoms with van der Waals surface area (Å²) in [6.45, 7) is 4.48. The summed E-state index contributed by atoms with van der Waals surface area (Å²) in [6.07, 6.45) is 3.80. The van der Waals surface area contributed by atoms with Gasteiger partial charge in [0.2, 0.25) is 11.8 Å². The summed E-state index contributed by atoms with van der Waals surface area (Å²) in [4.78, 5) is 71.1. The maximum absolute atomic E-state index is 13.6. The van der Waals surface area contributed by atoms with Gasteiger partial charge in [-0.3, -0.25) is 39.2 Å². The number of barbiturate groups is 1. The number of imide groups is 2. The quantitative estimate of drug-likeness (QED) is 0.278. The molecule has 1 N–H and O–H groups in total. The Bertz CT molecular complexity index is 1280. The van der Waals surface area contributed by atoms with Gasteiger partial charge in [-0.25, -0.2) is 4.79 Å². The van der Waals surface area contributed by atoms with Crippen molar-refractivity contribution in [3.63, 3.8) is 0 Å². The van der Waals surface area contributed by atoms with Crippen molar-refractivity contribution in [2.24, 2.45) is 5.41 Å². The number of carbonyl (C=O) groups excluding carboxylic acids is 5. The molecule has 0 bridgehead atoms. The van der Waals surface area contributed by atoms with Gasteiger partial charge in [-0.2, -0.15) is 0 Å². The smallest absolute Gasteiger partial charge is 0.332 e. The Morgan fingerprint density at radius 2 is 1.81 bits per heavy atom. The molecular weight excluding hydrogens is 494 g/mol. The molecule has 0 saturated carbocycles. The largest absolute Gasteiger partial charge is 0.367 e. The predicted octanol–water partition coefficient (Wildman–Crippen LogP) is 1.67. The summed E-state index contributed by atoms with van der Waals surface area (Å²) in [7, 11) is 2.82. The molecule has 0 aliphatic carbocycles. The van der Waals surface area contributed by atoms with E-state index in [2.05, 4.69) is 10.2 Å². The predicted molar refractivity (Wildman–Crippen MR) is 139 cm³/mol. The van der Waals surface area contributed by atoms with Crippen LogP contribution in [-0.4, -0.2) is 82.2 Å². The van der Waals surface area contributed by atoms with Crippen molar-refractivity contribution in [2.75, 3.05) is 25.5 Å². The molecule has 3 saturated heterocycles. The van der Waals surface area contributed by atoms with Crippen LogP contribution in [-0.2, 0) is 25.6 Å². The van der Waals surface area contributed by atoms with Gasteiger partial charge in [-0.15, -0.1) is 0 Å². The number of urea groups is 1. The van der Waals surface area contributed by atoms with Crippen LogP contribution in [0.4, 0.5) is 10.5 Å². The van der Waals surface area contributed by atoms with Gasteiger partial charge in [0.15, 0.2) is 10.5 Å². The number of thiocarbonyl (C=S) groups is 1. The van der Waals surface area contributed by atoms with E-state index < -0.39 is 35.1 Å². The van der Waals surface area contributed by atoms with Crippen molar-refractivity contribution in [1.29, 1.82) is 0 Å². The van der Waals surface area contributed by atoms with E-state index in [1.54, 1.807) is 0 Å². The van der Waals surface area contributed by atoms with E-state index in [9.17, 15) is 24.0 Å².